The number of ether oxygens (including phenoxy) is 1. The van der Waals surface area contributed by atoms with Crippen molar-refractivity contribution in [3.63, 3.8) is 0 Å². The largest absolute Gasteiger partial charge is 0.465 e. The molecule has 1 amide bonds. The van der Waals surface area contributed by atoms with E-state index in [2.05, 4.69) is 31.3 Å². The predicted molar refractivity (Wildman–Crippen MR) is 111 cm³/mol. The molecule has 0 aliphatic heterocycles. The summed E-state index contributed by atoms with van der Waals surface area (Å²) < 4.78 is 6.17. The molecule has 0 fully saturated rings. The minimum absolute atomic E-state index is 0.578. The van der Waals surface area contributed by atoms with E-state index in [1.165, 1.54) is 24.8 Å². The maximum absolute atomic E-state index is 10.9. The number of unbranched alkanes of at least 4 members (excludes halogenated alkanes) is 4. The van der Waals surface area contributed by atoms with Crippen LogP contribution in [0.15, 0.2) is 42.5 Å². The molecule has 0 saturated heterocycles. The minimum Gasteiger partial charge on any atom is -0.465 e. The first-order chi connectivity index (χ1) is 13.1. The number of hydrogen-bond acceptors (Lipinski definition) is 2. The predicted octanol–water partition coefficient (Wildman–Crippen LogP) is 7.03. The Labute approximate surface area is 162 Å². The summed E-state index contributed by atoms with van der Waals surface area (Å²) >= 11 is 0. The number of aryl methyl sites for hydroxylation is 2. The van der Waals surface area contributed by atoms with Gasteiger partial charge in [-0.05, 0) is 67.1 Å². The molecule has 2 rings (SSSR count). The highest BCUT2D eigenvalue weighted by molar-refractivity contribution is 5.83. The normalized spacial score (nSPS) is 10.6. The molecule has 0 radical (unpaired) electrons. The van der Waals surface area contributed by atoms with Gasteiger partial charge in [0.2, 0.25) is 0 Å². The van der Waals surface area contributed by atoms with Crippen molar-refractivity contribution >= 4 is 11.8 Å². The van der Waals surface area contributed by atoms with Gasteiger partial charge in [0.1, 0.15) is 11.5 Å². The van der Waals surface area contributed by atoms with Crippen LogP contribution < -0.4 is 10.1 Å². The molecule has 146 valence electrons. The first kappa shape index (κ1) is 20.8. The molecule has 2 aromatic rings. The molecule has 0 aliphatic carbocycles. The number of benzene rings is 2. The fourth-order valence-corrected chi connectivity index (χ4v) is 3.11. The highest BCUT2D eigenvalue weighted by Gasteiger charge is 2.09. The van der Waals surface area contributed by atoms with Gasteiger partial charge in [0.05, 0.1) is 0 Å². The van der Waals surface area contributed by atoms with Crippen LogP contribution in [0.4, 0.5) is 10.5 Å². The van der Waals surface area contributed by atoms with Gasteiger partial charge in [-0.1, -0.05) is 51.7 Å². The monoisotopic (exact) mass is 369 g/mol. The lowest BCUT2D eigenvalue weighted by Gasteiger charge is -2.14. The third-order valence-corrected chi connectivity index (χ3v) is 4.56. The van der Waals surface area contributed by atoms with Crippen molar-refractivity contribution in [3.8, 4) is 11.5 Å². The minimum atomic E-state index is -1.05. The van der Waals surface area contributed by atoms with E-state index in [1.54, 1.807) is 6.07 Å². The van der Waals surface area contributed by atoms with Gasteiger partial charge in [-0.2, -0.15) is 0 Å². The van der Waals surface area contributed by atoms with E-state index in [0.717, 1.165) is 49.2 Å². The SMILES string of the molecule is CCCCCc1cccc(Oc2ccc(NC(=O)O)cc2CCCCC)c1. The molecule has 27 heavy (non-hydrogen) atoms. The molecule has 0 atom stereocenters. The molecule has 2 N–H and O–H groups in total. The summed E-state index contributed by atoms with van der Waals surface area (Å²) in [5.41, 5.74) is 2.90. The van der Waals surface area contributed by atoms with Crippen LogP contribution in [0.1, 0.15) is 63.5 Å². The number of hydrogen-bond donors (Lipinski definition) is 2. The number of anilines is 1. The number of amides is 1. The highest BCUT2D eigenvalue weighted by atomic mass is 16.5. The third-order valence-electron chi connectivity index (χ3n) is 4.56. The molecule has 0 aromatic heterocycles. The fourth-order valence-electron chi connectivity index (χ4n) is 3.11. The average molecular weight is 370 g/mol. The zero-order valence-electron chi connectivity index (χ0n) is 16.5. The third kappa shape index (κ3) is 7.33. The first-order valence-corrected chi connectivity index (χ1v) is 10.0. The van der Waals surface area contributed by atoms with Gasteiger partial charge < -0.3 is 9.84 Å². The van der Waals surface area contributed by atoms with Crippen molar-refractivity contribution in [1.82, 2.24) is 0 Å². The van der Waals surface area contributed by atoms with Crippen LogP contribution in [-0.2, 0) is 12.8 Å². The summed E-state index contributed by atoms with van der Waals surface area (Å²) in [6.07, 6.45) is 7.87. The molecule has 0 saturated carbocycles. The van der Waals surface area contributed by atoms with Crippen molar-refractivity contribution in [3.05, 3.63) is 53.6 Å². The van der Waals surface area contributed by atoms with Crippen LogP contribution in [0.5, 0.6) is 11.5 Å². The summed E-state index contributed by atoms with van der Waals surface area (Å²) in [4.78, 5) is 10.9. The number of carboxylic acid groups (broad SMARTS) is 1. The Bertz CT molecular complexity index is 727. The second-order valence-corrected chi connectivity index (χ2v) is 6.92. The Kier molecular flexibility index (Phi) is 8.69. The van der Waals surface area contributed by atoms with Gasteiger partial charge in [-0.25, -0.2) is 4.79 Å². The van der Waals surface area contributed by atoms with E-state index in [0.29, 0.717) is 5.69 Å². The van der Waals surface area contributed by atoms with Crippen LogP contribution in [-0.4, -0.2) is 11.2 Å². The van der Waals surface area contributed by atoms with E-state index in [1.807, 2.05) is 24.3 Å². The molecule has 0 heterocycles. The molecule has 0 spiro atoms. The number of carbonyl (C=O) groups is 1. The Morgan fingerprint density at radius 2 is 1.70 bits per heavy atom. The fraction of sp³-hybridized carbons (Fsp3) is 0.435. The van der Waals surface area contributed by atoms with Crippen molar-refractivity contribution in [2.75, 3.05) is 5.32 Å². The zero-order valence-corrected chi connectivity index (χ0v) is 16.5. The second kappa shape index (κ2) is 11.3. The lowest BCUT2D eigenvalue weighted by atomic mass is 10.0. The molecular weight excluding hydrogens is 338 g/mol. The van der Waals surface area contributed by atoms with Crippen LogP contribution in [0.2, 0.25) is 0 Å². The molecule has 4 heteroatoms. The average Bonchev–Trinajstić information content (AvgIpc) is 2.64. The highest BCUT2D eigenvalue weighted by Crippen LogP contribution is 2.30. The van der Waals surface area contributed by atoms with Gasteiger partial charge in [0.25, 0.3) is 0 Å². The summed E-state index contributed by atoms with van der Waals surface area (Å²) in [7, 11) is 0. The lowest BCUT2D eigenvalue weighted by molar-refractivity contribution is 0.209. The number of nitrogens with one attached hydrogen (secondary N) is 1. The lowest BCUT2D eigenvalue weighted by Crippen LogP contribution is -2.07. The van der Waals surface area contributed by atoms with Crippen LogP contribution in [0.3, 0.4) is 0 Å². The molecule has 2 aromatic carbocycles. The van der Waals surface area contributed by atoms with Crippen LogP contribution >= 0.6 is 0 Å². The zero-order chi connectivity index (χ0) is 19.5. The maximum Gasteiger partial charge on any atom is 0.409 e. The Hall–Kier alpha value is -2.49. The van der Waals surface area contributed by atoms with Crippen LogP contribution in [0, 0.1) is 0 Å². The van der Waals surface area contributed by atoms with Gasteiger partial charge in [0, 0.05) is 5.69 Å². The molecule has 0 aliphatic rings. The van der Waals surface area contributed by atoms with Gasteiger partial charge >= 0.3 is 6.09 Å². The van der Waals surface area contributed by atoms with Crippen molar-refractivity contribution in [1.29, 1.82) is 0 Å². The molecule has 4 nitrogen and oxygen atoms in total. The summed E-state index contributed by atoms with van der Waals surface area (Å²) in [6.45, 7) is 4.38. The molecule has 0 bridgehead atoms. The van der Waals surface area contributed by atoms with Crippen LogP contribution in [0.25, 0.3) is 0 Å². The quantitative estimate of drug-likeness (QED) is 0.418. The summed E-state index contributed by atoms with van der Waals surface area (Å²) in [5.74, 6) is 1.63. The summed E-state index contributed by atoms with van der Waals surface area (Å²) in [6, 6.07) is 13.7. The maximum atomic E-state index is 10.9. The number of rotatable bonds is 11. The van der Waals surface area contributed by atoms with Gasteiger partial charge in [-0.15, -0.1) is 0 Å². The van der Waals surface area contributed by atoms with Crippen molar-refractivity contribution in [2.45, 2.75) is 65.2 Å². The summed E-state index contributed by atoms with van der Waals surface area (Å²) in [5, 5.41) is 11.4. The smallest absolute Gasteiger partial charge is 0.409 e. The van der Waals surface area contributed by atoms with E-state index >= 15 is 0 Å². The molecule has 0 unspecified atom stereocenters. The van der Waals surface area contributed by atoms with E-state index in [-0.39, 0.29) is 0 Å². The van der Waals surface area contributed by atoms with E-state index < -0.39 is 6.09 Å². The Morgan fingerprint density at radius 1 is 0.963 bits per heavy atom. The van der Waals surface area contributed by atoms with E-state index in [4.69, 9.17) is 9.84 Å². The second-order valence-electron chi connectivity index (χ2n) is 6.92. The topological polar surface area (TPSA) is 58.6 Å². The Balaban J connectivity index is 2.15. The van der Waals surface area contributed by atoms with Gasteiger partial charge in [-0.3, -0.25) is 5.32 Å². The van der Waals surface area contributed by atoms with Crippen molar-refractivity contribution < 1.29 is 14.6 Å². The van der Waals surface area contributed by atoms with Gasteiger partial charge in [0.15, 0.2) is 0 Å². The molecular formula is C23H31NO3. The van der Waals surface area contributed by atoms with Crippen molar-refractivity contribution in [2.24, 2.45) is 0 Å². The standard InChI is InChI=1S/C23H31NO3/c1-3-5-7-10-18-11-9-13-21(16-18)27-22-15-14-20(24-23(25)26)17-19(22)12-8-6-4-2/h9,11,13-17,24H,3-8,10,12H2,1-2H3,(H,25,26). The Morgan fingerprint density at radius 3 is 2.41 bits per heavy atom. The first-order valence-electron chi connectivity index (χ1n) is 10.0. The van der Waals surface area contributed by atoms with E-state index in [9.17, 15) is 4.79 Å².